The van der Waals surface area contributed by atoms with Crippen molar-refractivity contribution in [3.05, 3.63) is 10.6 Å². The molecule has 2 saturated heterocycles. The van der Waals surface area contributed by atoms with Gasteiger partial charge in [0.05, 0.1) is 12.0 Å². The van der Waals surface area contributed by atoms with E-state index in [0.29, 0.717) is 13.0 Å². The summed E-state index contributed by atoms with van der Waals surface area (Å²) in [5.41, 5.74) is 0.108. The monoisotopic (exact) mass is 390 g/mol. The van der Waals surface area contributed by atoms with Crippen molar-refractivity contribution in [2.45, 2.75) is 37.6 Å². The van der Waals surface area contributed by atoms with Gasteiger partial charge in [0.2, 0.25) is 5.91 Å². The maximum Gasteiger partial charge on any atom is 0.353 e. The first-order valence-corrected chi connectivity index (χ1v) is 10.5. The number of aliphatic carboxylic acids is 1. The van der Waals surface area contributed by atoms with E-state index < -0.39 is 16.2 Å². The Labute approximate surface area is 150 Å². The summed E-state index contributed by atoms with van der Waals surface area (Å²) < 4.78 is 24.2. The first-order chi connectivity index (χ1) is 11.6. The zero-order chi connectivity index (χ0) is 18.5. The summed E-state index contributed by atoms with van der Waals surface area (Å²) in [6, 6.07) is -0.130. The summed E-state index contributed by atoms with van der Waals surface area (Å²) in [4.78, 5) is 25.9. The summed E-state index contributed by atoms with van der Waals surface area (Å²) in [7, 11) is -3.73. The van der Waals surface area contributed by atoms with Crippen LogP contribution in [-0.2, 0) is 19.8 Å². The molecule has 25 heavy (non-hydrogen) atoms. The van der Waals surface area contributed by atoms with Gasteiger partial charge in [-0.05, 0) is 6.42 Å². The smallest absolute Gasteiger partial charge is 0.353 e. The molecule has 9 nitrogen and oxygen atoms in total. The summed E-state index contributed by atoms with van der Waals surface area (Å²) in [6.07, 6.45) is 0.685. The van der Waals surface area contributed by atoms with Crippen molar-refractivity contribution in [2.24, 2.45) is 17.0 Å². The molecule has 0 spiro atoms. The number of rotatable bonds is 6. The molecule has 1 amide bonds. The lowest BCUT2D eigenvalue weighted by Gasteiger charge is -2.43. The lowest BCUT2D eigenvalue weighted by atomic mass is 9.84. The second kappa shape index (κ2) is 6.54. The van der Waals surface area contributed by atoms with Crippen molar-refractivity contribution in [2.75, 3.05) is 13.1 Å². The van der Waals surface area contributed by atoms with Crippen molar-refractivity contribution in [1.29, 1.82) is 0 Å². The number of carboxylic acid groups (broad SMARTS) is 1. The van der Waals surface area contributed by atoms with E-state index in [-0.39, 0.29) is 47.3 Å². The number of carbonyl (C=O) groups excluding carboxylic acids is 1. The van der Waals surface area contributed by atoms with E-state index >= 15 is 0 Å². The molecule has 0 bridgehead atoms. The maximum absolute atomic E-state index is 12.0. The van der Waals surface area contributed by atoms with Gasteiger partial charge in [-0.1, -0.05) is 13.8 Å². The van der Waals surface area contributed by atoms with E-state index in [2.05, 4.69) is 10.0 Å². The van der Waals surface area contributed by atoms with Gasteiger partial charge in [-0.3, -0.25) is 4.79 Å². The highest BCUT2D eigenvalue weighted by Gasteiger charge is 2.56. The fourth-order valence-corrected chi connectivity index (χ4v) is 5.81. The van der Waals surface area contributed by atoms with Gasteiger partial charge in [0, 0.05) is 35.2 Å². The van der Waals surface area contributed by atoms with E-state index in [1.165, 1.54) is 16.7 Å². The minimum Gasteiger partial charge on any atom is -0.477 e. The van der Waals surface area contributed by atoms with Crippen molar-refractivity contribution in [3.8, 4) is 0 Å². The van der Waals surface area contributed by atoms with Gasteiger partial charge in [-0.2, -0.15) is 8.42 Å². The molecule has 5 atom stereocenters. The number of amides is 1. The second-order valence-electron chi connectivity index (χ2n) is 6.77. The third-order valence-electron chi connectivity index (χ3n) is 5.05. The first kappa shape index (κ1) is 18.6. The Hall–Kier alpha value is -1.14. The van der Waals surface area contributed by atoms with E-state index in [1.54, 1.807) is 0 Å². The predicted octanol–water partition coefficient (Wildman–Crippen LogP) is -0.964. The van der Waals surface area contributed by atoms with Crippen LogP contribution in [0.2, 0.25) is 0 Å². The van der Waals surface area contributed by atoms with Gasteiger partial charge in [0.25, 0.3) is 10.2 Å². The molecule has 2 fully saturated rings. The van der Waals surface area contributed by atoms with Gasteiger partial charge < -0.3 is 15.3 Å². The minimum absolute atomic E-state index is 0.00889. The Kier molecular flexibility index (Phi) is 4.88. The average molecular weight is 390 g/mol. The molecule has 0 unspecified atom stereocenters. The van der Waals surface area contributed by atoms with Crippen LogP contribution in [0.1, 0.15) is 20.3 Å². The highest BCUT2D eigenvalue weighted by atomic mass is 32.2. The number of fused-ring (bicyclic) bond motifs is 1. The number of nitrogens with two attached hydrogens (primary N) is 1. The molecule has 3 rings (SSSR count). The highest BCUT2D eigenvalue weighted by molar-refractivity contribution is 8.03. The summed E-state index contributed by atoms with van der Waals surface area (Å²) in [6.45, 7) is 4.62. The van der Waals surface area contributed by atoms with Crippen molar-refractivity contribution in [3.63, 3.8) is 0 Å². The normalized spacial score (nSPS) is 35.1. The lowest BCUT2D eigenvalue weighted by molar-refractivity contribution is -0.155. The van der Waals surface area contributed by atoms with Gasteiger partial charge in [-0.15, -0.1) is 11.8 Å². The number of thioether (sulfide) groups is 1. The van der Waals surface area contributed by atoms with Crippen molar-refractivity contribution in [1.82, 2.24) is 14.9 Å². The van der Waals surface area contributed by atoms with Gasteiger partial charge in [0.1, 0.15) is 5.70 Å². The SMILES string of the molecule is C[C@@H]1C(=O)N2C(C(=O)O)=C(S[C@@H]3CN[C@H](CNS(N)(=O)=O)C3)[C@@H](C)[C@H]12. The molecule has 3 aliphatic rings. The molecule has 11 heteroatoms. The van der Waals surface area contributed by atoms with E-state index in [9.17, 15) is 23.1 Å². The summed E-state index contributed by atoms with van der Waals surface area (Å²) in [5.74, 6) is -1.37. The number of carboxylic acids is 1. The molecule has 0 radical (unpaired) electrons. The number of hydrogen-bond donors (Lipinski definition) is 4. The Morgan fingerprint density at radius 2 is 2.12 bits per heavy atom. The topological polar surface area (TPSA) is 142 Å². The quantitative estimate of drug-likeness (QED) is 0.428. The largest absolute Gasteiger partial charge is 0.477 e. The Morgan fingerprint density at radius 3 is 2.72 bits per heavy atom. The molecular formula is C14H22N4O5S2. The standard InChI is InChI=1S/C14H22N4O5S2/c1-6-10-7(2)13(19)18(10)11(14(20)21)12(6)24-9-3-8(16-5-9)4-17-25(15,22)23/h6-10,16-17H,3-5H2,1-2H3,(H,20,21)(H2,15,22,23)/t6-,7-,8-,9-,10+/m0/s1. The lowest BCUT2D eigenvalue weighted by Crippen LogP contribution is -2.59. The molecule has 0 aromatic rings. The van der Waals surface area contributed by atoms with Crippen LogP contribution in [0.4, 0.5) is 0 Å². The number of hydrogen-bond acceptors (Lipinski definition) is 6. The Morgan fingerprint density at radius 1 is 1.44 bits per heavy atom. The number of carbonyl (C=O) groups is 2. The molecule has 0 aromatic heterocycles. The molecule has 0 aliphatic carbocycles. The predicted molar refractivity (Wildman–Crippen MR) is 92.5 cm³/mol. The van der Waals surface area contributed by atoms with Crippen LogP contribution in [0.3, 0.4) is 0 Å². The van der Waals surface area contributed by atoms with Crippen molar-refractivity contribution >= 4 is 33.8 Å². The van der Waals surface area contributed by atoms with Crippen LogP contribution in [0.5, 0.6) is 0 Å². The van der Waals surface area contributed by atoms with E-state index in [4.69, 9.17) is 5.14 Å². The average Bonchev–Trinajstić information content (AvgIpc) is 3.06. The zero-order valence-corrected chi connectivity index (χ0v) is 15.6. The zero-order valence-electron chi connectivity index (χ0n) is 13.9. The molecule has 3 aliphatic heterocycles. The summed E-state index contributed by atoms with van der Waals surface area (Å²) >= 11 is 1.48. The molecule has 0 saturated carbocycles. The maximum atomic E-state index is 12.0. The Balaban J connectivity index is 1.68. The second-order valence-corrected chi connectivity index (χ2v) is 9.49. The third kappa shape index (κ3) is 3.43. The van der Waals surface area contributed by atoms with Gasteiger partial charge >= 0.3 is 5.97 Å². The number of nitrogens with zero attached hydrogens (tertiary/aromatic N) is 1. The minimum atomic E-state index is -3.73. The highest BCUT2D eigenvalue weighted by Crippen LogP contribution is 2.50. The molecule has 5 N–H and O–H groups in total. The van der Waals surface area contributed by atoms with Crippen LogP contribution in [0.15, 0.2) is 10.6 Å². The molecular weight excluding hydrogens is 368 g/mol. The van der Waals surface area contributed by atoms with Gasteiger partial charge in [0.15, 0.2) is 0 Å². The van der Waals surface area contributed by atoms with Crippen LogP contribution >= 0.6 is 11.8 Å². The van der Waals surface area contributed by atoms with E-state index in [1.807, 2.05) is 13.8 Å². The van der Waals surface area contributed by atoms with E-state index in [0.717, 1.165) is 4.91 Å². The molecule has 3 heterocycles. The third-order valence-corrected chi connectivity index (χ3v) is 7.13. The molecule has 0 aromatic carbocycles. The number of β-lactam (4-membered cyclic amide) rings is 1. The van der Waals surface area contributed by atoms with Crippen LogP contribution in [0.25, 0.3) is 0 Å². The first-order valence-electron chi connectivity index (χ1n) is 8.08. The van der Waals surface area contributed by atoms with Crippen LogP contribution in [0, 0.1) is 11.8 Å². The van der Waals surface area contributed by atoms with Crippen molar-refractivity contribution < 1.29 is 23.1 Å². The van der Waals surface area contributed by atoms with Crippen LogP contribution < -0.4 is 15.2 Å². The fourth-order valence-electron chi connectivity index (χ4n) is 3.85. The molecule has 140 valence electrons. The Bertz CT molecular complexity index is 738. The van der Waals surface area contributed by atoms with Crippen LogP contribution in [-0.4, -0.2) is 60.7 Å². The summed E-state index contributed by atoms with van der Waals surface area (Å²) in [5, 5.41) is 17.8. The number of nitrogens with one attached hydrogen (secondary N) is 2. The van der Waals surface area contributed by atoms with Gasteiger partial charge in [-0.25, -0.2) is 14.7 Å². The fraction of sp³-hybridized carbons (Fsp3) is 0.714.